The van der Waals surface area contributed by atoms with Crippen molar-refractivity contribution >= 4 is 9.84 Å². The van der Waals surface area contributed by atoms with E-state index in [1.54, 1.807) is 30.3 Å². The number of nitrogens with zero attached hydrogens (tertiary/aromatic N) is 3. The molecule has 1 heterocycles. The van der Waals surface area contributed by atoms with Crippen LogP contribution in [-0.4, -0.2) is 40.3 Å². The summed E-state index contributed by atoms with van der Waals surface area (Å²) >= 11 is 0. The maximum atomic E-state index is 13.6. The molecule has 1 N–H and O–H groups in total. The number of sulfone groups is 1. The van der Waals surface area contributed by atoms with Crippen molar-refractivity contribution in [3.05, 3.63) is 77.6 Å². The summed E-state index contributed by atoms with van der Waals surface area (Å²) in [5.41, 5.74) is 1.02. The summed E-state index contributed by atoms with van der Waals surface area (Å²) in [4.78, 5) is 4.31. The molecule has 0 bridgehead atoms. The van der Waals surface area contributed by atoms with E-state index < -0.39 is 21.8 Å². The first-order valence-corrected chi connectivity index (χ1v) is 10.0. The normalized spacial score (nSPS) is 12.9. The Morgan fingerprint density at radius 3 is 2.54 bits per heavy atom. The van der Waals surface area contributed by atoms with Crippen molar-refractivity contribution in [2.75, 3.05) is 12.0 Å². The van der Waals surface area contributed by atoms with Crippen LogP contribution in [0.3, 0.4) is 0 Å². The maximum absolute atomic E-state index is 13.6. The van der Waals surface area contributed by atoms with Gasteiger partial charge in [0.25, 0.3) is 0 Å². The third-order valence-electron chi connectivity index (χ3n) is 3.80. The standard InChI is InChI=1S/C18H18FN3O3S/c1-26(24,25)11-10-16-20-18(17(23)13-6-3-2-4-7-13)21-22(16)15-9-5-8-14(19)12-15/h2-9,12,17,23H,10-11H2,1H3/t17-/m0/s1. The second kappa shape index (κ2) is 7.35. The quantitative estimate of drug-likeness (QED) is 0.713. The van der Waals surface area contributed by atoms with Gasteiger partial charge in [0.05, 0.1) is 11.4 Å². The molecule has 0 aliphatic heterocycles. The van der Waals surface area contributed by atoms with Crippen molar-refractivity contribution in [3.63, 3.8) is 0 Å². The number of rotatable bonds is 6. The average molecular weight is 375 g/mol. The van der Waals surface area contributed by atoms with E-state index in [4.69, 9.17) is 0 Å². The molecule has 2 aromatic carbocycles. The van der Waals surface area contributed by atoms with E-state index in [9.17, 15) is 17.9 Å². The second-order valence-electron chi connectivity index (χ2n) is 5.97. The van der Waals surface area contributed by atoms with Gasteiger partial charge >= 0.3 is 0 Å². The Balaban J connectivity index is 2.02. The molecular weight excluding hydrogens is 357 g/mol. The minimum atomic E-state index is -3.21. The van der Waals surface area contributed by atoms with Crippen molar-refractivity contribution in [2.45, 2.75) is 12.5 Å². The van der Waals surface area contributed by atoms with Crippen LogP contribution in [0.4, 0.5) is 4.39 Å². The van der Waals surface area contributed by atoms with Crippen LogP contribution in [0.25, 0.3) is 5.69 Å². The van der Waals surface area contributed by atoms with Crippen LogP contribution in [0.5, 0.6) is 0 Å². The SMILES string of the molecule is CS(=O)(=O)CCc1nc([C@@H](O)c2ccccc2)nn1-c1cccc(F)c1. The van der Waals surface area contributed by atoms with E-state index in [-0.39, 0.29) is 18.0 Å². The summed E-state index contributed by atoms with van der Waals surface area (Å²) in [6, 6.07) is 14.6. The van der Waals surface area contributed by atoms with Gasteiger partial charge in [-0.3, -0.25) is 0 Å². The van der Waals surface area contributed by atoms with Crippen LogP contribution >= 0.6 is 0 Å². The molecule has 0 aliphatic rings. The number of halogens is 1. The summed E-state index contributed by atoms with van der Waals surface area (Å²) in [6.45, 7) is 0. The first-order valence-electron chi connectivity index (χ1n) is 7.96. The molecule has 0 amide bonds. The van der Waals surface area contributed by atoms with Gasteiger partial charge in [-0.2, -0.15) is 0 Å². The largest absolute Gasteiger partial charge is 0.380 e. The van der Waals surface area contributed by atoms with Gasteiger partial charge in [-0.1, -0.05) is 36.4 Å². The van der Waals surface area contributed by atoms with Gasteiger partial charge < -0.3 is 5.11 Å². The fraction of sp³-hybridized carbons (Fsp3) is 0.222. The molecule has 0 saturated heterocycles. The van der Waals surface area contributed by atoms with Gasteiger partial charge in [-0.15, -0.1) is 5.10 Å². The van der Waals surface area contributed by atoms with Crippen LogP contribution in [0.1, 0.15) is 23.3 Å². The molecular formula is C18H18FN3O3S. The molecule has 0 unspecified atom stereocenters. The lowest BCUT2D eigenvalue weighted by Gasteiger charge is -2.06. The summed E-state index contributed by atoms with van der Waals surface area (Å²) in [5, 5.41) is 14.8. The Labute approximate surface area is 150 Å². The third kappa shape index (κ3) is 4.33. The van der Waals surface area contributed by atoms with E-state index in [2.05, 4.69) is 10.1 Å². The van der Waals surface area contributed by atoms with Crippen molar-refractivity contribution in [3.8, 4) is 5.69 Å². The Bertz CT molecular complexity index is 1000. The van der Waals surface area contributed by atoms with E-state index >= 15 is 0 Å². The first-order chi connectivity index (χ1) is 12.3. The van der Waals surface area contributed by atoms with Crippen LogP contribution in [-0.2, 0) is 16.3 Å². The number of aliphatic hydroxyl groups excluding tert-OH is 1. The van der Waals surface area contributed by atoms with Crippen LogP contribution < -0.4 is 0 Å². The molecule has 0 fully saturated rings. The predicted octanol–water partition coefficient (Wildman–Crippen LogP) is 2.08. The lowest BCUT2D eigenvalue weighted by Crippen LogP contribution is -2.11. The maximum Gasteiger partial charge on any atom is 0.184 e. The molecule has 136 valence electrons. The van der Waals surface area contributed by atoms with Crippen molar-refractivity contribution < 1.29 is 17.9 Å². The van der Waals surface area contributed by atoms with E-state index in [0.717, 1.165) is 6.26 Å². The zero-order valence-corrected chi connectivity index (χ0v) is 14.9. The lowest BCUT2D eigenvalue weighted by atomic mass is 10.1. The zero-order valence-electron chi connectivity index (χ0n) is 14.1. The number of aromatic nitrogens is 3. The molecule has 26 heavy (non-hydrogen) atoms. The van der Waals surface area contributed by atoms with Crippen molar-refractivity contribution in [1.29, 1.82) is 0 Å². The highest BCUT2D eigenvalue weighted by Crippen LogP contribution is 2.21. The van der Waals surface area contributed by atoms with E-state index in [1.165, 1.54) is 22.9 Å². The van der Waals surface area contributed by atoms with Gasteiger partial charge in [0, 0.05) is 12.7 Å². The van der Waals surface area contributed by atoms with Gasteiger partial charge in [0.2, 0.25) is 0 Å². The summed E-state index contributed by atoms with van der Waals surface area (Å²) < 4.78 is 38.0. The van der Waals surface area contributed by atoms with Gasteiger partial charge in [0.15, 0.2) is 5.82 Å². The zero-order chi connectivity index (χ0) is 18.7. The molecule has 8 heteroatoms. The summed E-state index contributed by atoms with van der Waals surface area (Å²) in [6.07, 6.45) is 0.169. The topological polar surface area (TPSA) is 85.1 Å². The van der Waals surface area contributed by atoms with Crippen LogP contribution in [0.15, 0.2) is 54.6 Å². The van der Waals surface area contributed by atoms with Gasteiger partial charge in [-0.25, -0.2) is 22.5 Å². The lowest BCUT2D eigenvalue weighted by molar-refractivity contribution is 0.210. The van der Waals surface area contributed by atoms with Gasteiger partial charge in [0.1, 0.15) is 27.6 Å². The number of hydrogen-bond acceptors (Lipinski definition) is 5. The Morgan fingerprint density at radius 2 is 1.88 bits per heavy atom. The van der Waals surface area contributed by atoms with Crippen molar-refractivity contribution in [1.82, 2.24) is 14.8 Å². The highest BCUT2D eigenvalue weighted by atomic mass is 32.2. The first kappa shape index (κ1) is 18.2. The Morgan fingerprint density at radius 1 is 1.15 bits per heavy atom. The Hall–Kier alpha value is -2.58. The van der Waals surface area contributed by atoms with E-state index in [0.29, 0.717) is 17.1 Å². The molecule has 3 aromatic rings. The summed E-state index contributed by atoms with van der Waals surface area (Å²) in [5.74, 6) is -0.103. The molecule has 0 saturated carbocycles. The fourth-order valence-corrected chi connectivity index (χ4v) is 3.07. The minimum absolute atomic E-state index is 0.101. The van der Waals surface area contributed by atoms with E-state index in [1.807, 2.05) is 6.07 Å². The molecule has 0 spiro atoms. The van der Waals surface area contributed by atoms with Crippen LogP contribution in [0, 0.1) is 5.82 Å². The monoisotopic (exact) mass is 375 g/mol. The predicted molar refractivity (Wildman–Crippen MR) is 95.2 cm³/mol. The van der Waals surface area contributed by atoms with Gasteiger partial charge in [-0.05, 0) is 23.8 Å². The highest BCUT2D eigenvalue weighted by Gasteiger charge is 2.20. The number of aryl methyl sites for hydroxylation is 1. The number of hydrogen-bond donors (Lipinski definition) is 1. The number of benzene rings is 2. The van der Waals surface area contributed by atoms with Crippen LogP contribution in [0.2, 0.25) is 0 Å². The average Bonchev–Trinajstić information content (AvgIpc) is 3.04. The molecule has 0 radical (unpaired) electrons. The van der Waals surface area contributed by atoms with Crippen molar-refractivity contribution in [2.24, 2.45) is 0 Å². The highest BCUT2D eigenvalue weighted by molar-refractivity contribution is 7.90. The third-order valence-corrected chi connectivity index (χ3v) is 4.75. The number of aliphatic hydroxyl groups is 1. The Kier molecular flexibility index (Phi) is 5.15. The molecule has 1 atom stereocenters. The minimum Gasteiger partial charge on any atom is -0.380 e. The molecule has 6 nitrogen and oxygen atoms in total. The second-order valence-corrected chi connectivity index (χ2v) is 8.23. The molecule has 3 rings (SSSR count). The molecule has 0 aliphatic carbocycles. The smallest absolute Gasteiger partial charge is 0.184 e. The fourth-order valence-electron chi connectivity index (χ4n) is 2.52. The summed E-state index contributed by atoms with van der Waals surface area (Å²) in [7, 11) is -3.21. The molecule has 1 aromatic heterocycles.